The fraction of sp³-hybridized carbons (Fsp3) is 0.333. The number of sulfonamides is 1. The molecule has 0 aliphatic heterocycles. The van der Waals surface area contributed by atoms with Crippen molar-refractivity contribution in [3.05, 3.63) is 34.5 Å². The smallest absolute Gasteiger partial charge is 0.250 e. The van der Waals surface area contributed by atoms with Gasteiger partial charge < -0.3 is 9.84 Å². The Hall–Kier alpha value is -1.71. The zero-order valence-electron chi connectivity index (χ0n) is 11.5. The van der Waals surface area contributed by atoms with Crippen molar-refractivity contribution < 1.29 is 17.7 Å². The van der Waals surface area contributed by atoms with Gasteiger partial charge in [0.2, 0.25) is 5.91 Å². The molecule has 0 aromatic carbocycles. The Balaban J connectivity index is 1.86. The summed E-state index contributed by atoms with van der Waals surface area (Å²) in [5.41, 5.74) is 1.50. The van der Waals surface area contributed by atoms with E-state index in [9.17, 15) is 13.2 Å². The average Bonchev–Trinajstić information content (AvgIpc) is 3.06. The van der Waals surface area contributed by atoms with Crippen molar-refractivity contribution in [1.82, 2.24) is 15.2 Å². The van der Waals surface area contributed by atoms with Crippen LogP contribution in [0.4, 0.5) is 0 Å². The van der Waals surface area contributed by atoms with E-state index in [1.54, 1.807) is 25.3 Å². The molecule has 0 aliphatic carbocycles. The zero-order chi connectivity index (χ0) is 15.5. The van der Waals surface area contributed by atoms with E-state index in [2.05, 4.69) is 15.2 Å². The van der Waals surface area contributed by atoms with Gasteiger partial charge in [-0.15, -0.1) is 11.3 Å². The molecule has 0 saturated carbocycles. The summed E-state index contributed by atoms with van der Waals surface area (Å²) in [5, 5.41) is 8.06. The lowest BCUT2D eigenvalue weighted by Crippen LogP contribution is -2.36. The highest BCUT2D eigenvalue weighted by Gasteiger charge is 2.16. The number of aryl methyl sites for hydroxylation is 2. The molecule has 7 nitrogen and oxygen atoms in total. The summed E-state index contributed by atoms with van der Waals surface area (Å²) in [7, 11) is -3.62. The molecule has 0 atom stereocenters. The van der Waals surface area contributed by atoms with Crippen molar-refractivity contribution in [1.29, 1.82) is 0 Å². The predicted octanol–water partition coefficient (Wildman–Crippen LogP) is 0.948. The topological polar surface area (TPSA) is 101 Å². The summed E-state index contributed by atoms with van der Waals surface area (Å²) in [6.45, 7) is 3.46. The van der Waals surface area contributed by atoms with Crippen LogP contribution < -0.4 is 10.0 Å². The molecule has 114 valence electrons. The number of aromatic nitrogens is 1. The van der Waals surface area contributed by atoms with Crippen LogP contribution in [0.15, 0.2) is 26.2 Å². The van der Waals surface area contributed by atoms with Crippen molar-refractivity contribution in [3.63, 3.8) is 0 Å². The minimum atomic E-state index is -3.62. The van der Waals surface area contributed by atoms with Crippen LogP contribution in [-0.2, 0) is 21.4 Å². The lowest BCUT2D eigenvalue weighted by molar-refractivity contribution is -0.120. The summed E-state index contributed by atoms with van der Waals surface area (Å²) in [4.78, 5) is 11.7. The zero-order valence-corrected chi connectivity index (χ0v) is 13.2. The van der Waals surface area contributed by atoms with Gasteiger partial charge >= 0.3 is 0 Å². The van der Waals surface area contributed by atoms with Gasteiger partial charge in [0.1, 0.15) is 9.97 Å². The molecular formula is C12H15N3O4S2. The quantitative estimate of drug-likeness (QED) is 0.821. The monoisotopic (exact) mass is 329 g/mol. The standard InChI is InChI=1S/C12H15N3O4S2/c1-8-10(9(2)19-15-8)6-13-11(16)7-14-21(17,18)12-4-3-5-20-12/h3-5,14H,6-7H2,1-2H3,(H,13,16). The number of carbonyl (C=O) groups excluding carboxylic acids is 1. The number of nitrogens with zero attached hydrogens (tertiary/aromatic N) is 1. The van der Waals surface area contributed by atoms with E-state index in [0.29, 0.717) is 11.5 Å². The van der Waals surface area contributed by atoms with Gasteiger partial charge in [0.15, 0.2) is 0 Å². The second-order valence-electron chi connectivity index (χ2n) is 4.34. The third-order valence-electron chi connectivity index (χ3n) is 2.83. The maximum absolute atomic E-state index is 11.8. The highest BCUT2D eigenvalue weighted by Crippen LogP contribution is 2.15. The van der Waals surface area contributed by atoms with Crippen molar-refractivity contribution in [3.8, 4) is 0 Å². The molecular weight excluding hydrogens is 314 g/mol. The summed E-state index contributed by atoms with van der Waals surface area (Å²) in [6.07, 6.45) is 0. The molecule has 9 heteroatoms. The number of hydrogen-bond acceptors (Lipinski definition) is 6. The van der Waals surface area contributed by atoms with E-state index in [-0.39, 0.29) is 17.3 Å². The normalized spacial score (nSPS) is 11.5. The first kappa shape index (κ1) is 15.7. The number of nitrogens with one attached hydrogen (secondary N) is 2. The van der Waals surface area contributed by atoms with Crippen molar-refractivity contribution in [2.45, 2.75) is 24.6 Å². The first-order chi connectivity index (χ1) is 9.90. The molecule has 2 aromatic rings. The van der Waals surface area contributed by atoms with E-state index in [1.807, 2.05) is 0 Å². The molecule has 2 N–H and O–H groups in total. The summed E-state index contributed by atoms with van der Waals surface area (Å²) >= 11 is 1.09. The Morgan fingerprint density at radius 1 is 1.43 bits per heavy atom. The van der Waals surface area contributed by atoms with Gasteiger partial charge in [0.05, 0.1) is 12.2 Å². The fourth-order valence-corrected chi connectivity index (χ4v) is 3.67. The molecule has 0 bridgehead atoms. The van der Waals surface area contributed by atoms with Crippen LogP contribution in [0.5, 0.6) is 0 Å². The number of thiophene rings is 1. The van der Waals surface area contributed by atoms with Crippen LogP contribution in [-0.4, -0.2) is 26.0 Å². The van der Waals surface area contributed by atoms with E-state index in [1.165, 1.54) is 6.07 Å². The molecule has 0 saturated heterocycles. The lowest BCUT2D eigenvalue weighted by atomic mass is 10.2. The van der Waals surface area contributed by atoms with E-state index < -0.39 is 15.9 Å². The van der Waals surface area contributed by atoms with Gasteiger partial charge in [-0.05, 0) is 25.3 Å². The minimum absolute atomic E-state index is 0.182. The highest BCUT2D eigenvalue weighted by molar-refractivity contribution is 7.91. The maximum Gasteiger partial charge on any atom is 0.250 e. The molecule has 2 aromatic heterocycles. The minimum Gasteiger partial charge on any atom is -0.361 e. The Bertz CT molecular complexity index is 700. The number of amides is 1. The first-order valence-corrected chi connectivity index (χ1v) is 8.48. The molecule has 0 fully saturated rings. The Morgan fingerprint density at radius 3 is 2.76 bits per heavy atom. The molecule has 2 rings (SSSR count). The van der Waals surface area contributed by atoms with Crippen LogP contribution in [0.3, 0.4) is 0 Å². The van der Waals surface area contributed by atoms with Gasteiger partial charge in [-0.25, -0.2) is 13.1 Å². The van der Waals surface area contributed by atoms with Crippen molar-refractivity contribution >= 4 is 27.3 Å². The van der Waals surface area contributed by atoms with Crippen LogP contribution in [0.2, 0.25) is 0 Å². The molecule has 0 aliphatic rings. The van der Waals surface area contributed by atoms with Crippen LogP contribution in [0.1, 0.15) is 17.0 Å². The molecule has 2 heterocycles. The van der Waals surface area contributed by atoms with Crippen molar-refractivity contribution in [2.24, 2.45) is 0 Å². The van der Waals surface area contributed by atoms with Crippen LogP contribution >= 0.6 is 11.3 Å². The Morgan fingerprint density at radius 2 is 2.19 bits per heavy atom. The second-order valence-corrected chi connectivity index (χ2v) is 7.28. The number of rotatable bonds is 6. The number of hydrogen-bond donors (Lipinski definition) is 2. The second kappa shape index (κ2) is 6.37. The van der Waals surface area contributed by atoms with Gasteiger partial charge in [0.25, 0.3) is 10.0 Å². The van der Waals surface area contributed by atoms with Gasteiger partial charge in [-0.2, -0.15) is 0 Å². The molecule has 21 heavy (non-hydrogen) atoms. The summed E-state index contributed by atoms with van der Waals surface area (Å²) < 4.78 is 31.1. The van der Waals surface area contributed by atoms with E-state index >= 15 is 0 Å². The van der Waals surface area contributed by atoms with Crippen molar-refractivity contribution in [2.75, 3.05) is 6.54 Å². The molecule has 1 amide bonds. The largest absolute Gasteiger partial charge is 0.361 e. The third kappa shape index (κ3) is 3.90. The fourth-order valence-electron chi connectivity index (χ4n) is 1.65. The SMILES string of the molecule is Cc1noc(C)c1CNC(=O)CNS(=O)(=O)c1cccs1. The van der Waals surface area contributed by atoms with Gasteiger partial charge in [-0.1, -0.05) is 11.2 Å². The Labute approximate surface area is 126 Å². The average molecular weight is 329 g/mol. The molecule has 0 spiro atoms. The first-order valence-electron chi connectivity index (χ1n) is 6.12. The van der Waals surface area contributed by atoms with E-state index in [0.717, 1.165) is 16.9 Å². The van der Waals surface area contributed by atoms with Gasteiger partial charge in [-0.3, -0.25) is 4.79 Å². The predicted molar refractivity (Wildman–Crippen MR) is 77.3 cm³/mol. The summed E-state index contributed by atoms with van der Waals surface area (Å²) in [5.74, 6) is 0.210. The summed E-state index contributed by atoms with van der Waals surface area (Å²) in [6, 6.07) is 3.12. The third-order valence-corrected chi connectivity index (χ3v) is 5.62. The molecule has 0 radical (unpaired) electrons. The Kier molecular flexibility index (Phi) is 4.76. The van der Waals surface area contributed by atoms with Crippen LogP contribution in [0, 0.1) is 13.8 Å². The lowest BCUT2D eigenvalue weighted by Gasteiger charge is -2.06. The highest BCUT2D eigenvalue weighted by atomic mass is 32.2. The maximum atomic E-state index is 11.8. The molecule has 0 unspecified atom stereocenters. The van der Waals surface area contributed by atoms with E-state index in [4.69, 9.17) is 4.52 Å². The van der Waals surface area contributed by atoms with Crippen LogP contribution in [0.25, 0.3) is 0 Å². The number of carbonyl (C=O) groups is 1. The van der Waals surface area contributed by atoms with Gasteiger partial charge in [0, 0.05) is 12.1 Å².